The first-order chi connectivity index (χ1) is 15.6. The molecule has 0 radical (unpaired) electrons. The third kappa shape index (κ3) is 19.9. The normalized spacial score (nSPS) is 12.1. The van der Waals surface area contributed by atoms with E-state index in [0.717, 1.165) is 12.8 Å². The third-order valence-corrected chi connectivity index (χ3v) is 7.19. The van der Waals surface area contributed by atoms with Crippen LogP contribution in [0.15, 0.2) is 12.2 Å². The molecule has 0 aliphatic heterocycles. The zero-order valence-electron chi connectivity index (χ0n) is 22.3. The van der Waals surface area contributed by atoms with Crippen molar-refractivity contribution < 1.29 is 9.90 Å². The Morgan fingerprint density at radius 2 is 0.938 bits per heavy atom. The quantitative estimate of drug-likeness (QED) is 0.111. The first-order valence-electron chi connectivity index (χ1n) is 14.5. The van der Waals surface area contributed by atoms with Crippen LogP contribution in [0.25, 0.3) is 0 Å². The lowest BCUT2D eigenvalue weighted by molar-refractivity contribution is -0.137. The van der Waals surface area contributed by atoms with Crippen molar-refractivity contribution >= 4 is 5.97 Å². The Bertz CT molecular complexity index is 405. The number of carboxylic acid groups (broad SMARTS) is 1. The number of hydrogen-bond donors (Lipinski definition) is 1. The van der Waals surface area contributed by atoms with Gasteiger partial charge in [0.05, 0.1) is 0 Å². The fourth-order valence-electron chi connectivity index (χ4n) is 5.00. The summed E-state index contributed by atoms with van der Waals surface area (Å²) in [6, 6.07) is 0. The van der Waals surface area contributed by atoms with Crippen LogP contribution in [0.2, 0.25) is 0 Å². The van der Waals surface area contributed by atoms with Crippen molar-refractivity contribution in [2.24, 2.45) is 5.41 Å². The summed E-state index contributed by atoms with van der Waals surface area (Å²) in [6.45, 7) is 7.05. The van der Waals surface area contributed by atoms with Crippen LogP contribution >= 0.6 is 0 Å². The van der Waals surface area contributed by atoms with Crippen molar-refractivity contribution in [1.29, 1.82) is 0 Å². The first-order valence-corrected chi connectivity index (χ1v) is 14.5. The molecule has 0 unspecified atom stereocenters. The van der Waals surface area contributed by atoms with Gasteiger partial charge in [-0.15, -0.1) is 0 Å². The molecule has 32 heavy (non-hydrogen) atoms. The summed E-state index contributed by atoms with van der Waals surface area (Å²) in [5.74, 6) is -0.660. The summed E-state index contributed by atoms with van der Waals surface area (Å²) in [6.07, 6.45) is 34.3. The van der Waals surface area contributed by atoms with Crippen molar-refractivity contribution in [3.8, 4) is 0 Å². The number of allylic oxidation sites excluding steroid dienone is 2. The minimum atomic E-state index is -0.660. The van der Waals surface area contributed by atoms with Gasteiger partial charge < -0.3 is 5.11 Å². The van der Waals surface area contributed by atoms with E-state index in [-0.39, 0.29) is 0 Å². The van der Waals surface area contributed by atoms with Gasteiger partial charge in [-0.3, -0.25) is 4.79 Å². The van der Waals surface area contributed by atoms with Gasteiger partial charge in [-0.25, -0.2) is 0 Å². The summed E-state index contributed by atoms with van der Waals surface area (Å²) in [4.78, 5) is 10.5. The van der Waals surface area contributed by atoms with Gasteiger partial charge in [0.2, 0.25) is 0 Å². The molecule has 0 aliphatic carbocycles. The van der Waals surface area contributed by atoms with E-state index in [4.69, 9.17) is 5.11 Å². The minimum absolute atomic E-state index is 0.331. The Hall–Kier alpha value is -0.790. The third-order valence-electron chi connectivity index (χ3n) is 7.19. The smallest absolute Gasteiger partial charge is 0.303 e. The molecule has 2 nitrogen and oxygen atoms in total. The molecule has 0 saturated heterocycles. The summed E-state index contributed by atoms with van der Waals surface area (Å²) in [5, 5.41) is 8.63. The highest BCUT2D eigenvalue weighted by Crippen LogP contribution is 2.41. The first kappa shape index (κ1) is 31.2. The van der Waals surface area contributed by atoms with Crippen LogP contribution in [-0.4, -0.2) is 11.1 Å². The monoisotopic (exact) mass is 450 g/mol. The summed E-state index contributed by atoms with van der Waals surface area (Å²) in [7, 11) is 0. The van der Waals surface area contributed by atoms with E-state index in [1.807, 2.05) is 0 Å². The highest BCUT2D eigenvalue weighted by molar-refractivity contribution is 5.66. The molecule has 0 aromatic carbocycles. The number of rotatable bonds is 25. The fourth-order valence-corrected chi connectivity index (χ4v) is 5.00. The van der Waals surface area contributed by atoms with Crippen LogP contribution in [0.4, 0.5) is 0 Å². The average molecular weight is 451 g/mol. The Balaban J connectivity index is 3.80. The van der Waals surface area contributed by atoms with Crippen LogP contribution in [0.1, 0.15) is 168 Å². The van der Waals surface area contributed by atoms with E-state index in [1.54, 1.807) is 0 Å². The van der Waals surface area contributed by atoms with Gasteiger partial charge in [0.1, 0.15) is 0 Å². The van der Waals surface area contributed by atoms with Gasteiger partial charge in [-0.05, 0) is 63.2 Å². The van der Waals surface area contributed by atoms with Crippen molar-refractivity contribution in [1.82, 2.24) is 0 Å². The number of aliphatic carboxylic acids is 1. The zero-order chi connectivity index (χ0) is 23.8. The van der Waals surface area contributed by atoms with Crippen LogP contribution < -0.4 is 0 Å². The maximum atomic E-state index is 10.5. The lowest BCUT2D eigenvalue weighted by Gasteiger charge is -2.35. The van der Waals surface area contributed by atoms with Crippen LogP contribution in [-0.2, 0) is 4.79 Å². The Morgan fingerprint density at radius 1 is 0.562 bits per heavy atom. The molecule has 0 bridgehead atoms. The van der Waals surface area contributed by atoms with Crippen molar-refractivity contribution in [3.05, 3.63) is 12.2 Å². The standard InChI is InChI=1S/C30H58O2/c1-4-7-25-30(26-8-5-2,27-9-6-3)28-23-21-19-17-15-13-11-10-12-14-16-18-20-22-24-29(31)32/h10-11H,4-9,12-28H2,1-3H3,(H,31,32)/b11-10-. The molecule has 0 amide bonds. The molecule has 0 heterocycles. The van der Waals surface area contributed by atoms with E-state index in [0.29, 0.717) is 11.8 Å². The molecule has 0 saturated carbocycles. The molecule has 0 atom stereocenters. The highest BCUT2D eigenvalue weighted by atomic mass is 16.4. The molecule has 0 aromatic rings. The minimum Gasteiger partial charge on any atom is -0.481 e. The SMILES string of the molecule is CCCCC(CCCC)(CCCC)CCCCCCC/C=C\CCCCCCCC(=O)O. The van der Waals surface area contributed by atoms with Crippen molar-refractivity contribution in [2.75, 3.05) is 0 Å². The number of carboxylic acids is 1. The zero-order valence-corrected chi connectivity index (χ0v) is 22.3. The van der Waals surface area contributed by atoms with Gasteiger partial charge in [0.15, 0.2) is 0 Å². The number of hydrogen-bond acceptors (Lipinski definition) is 1. The van der Waals surface area contributed by atoms with Crippen molar-refractivity contribution in [2.45, 2.75) is 168 Å². The van der Waals surface area contributed by atoms with E-state index in [2.05, 4.69) is 32.9 Å². The van der Waals surface area contributed by atoms with Gasteiger partial charge >= 0.3 is 5.97 Å². The molecule has 0 fully saturated rings. The average Bonchev–Trinajstić information content (AvgIpc) is 2.79. The van der Waals surface area contributed by atoms with Gasteiger partial charge in [0.25, 0.3) is 0 Å². The molecule has 2 heteroatoms. The van der Waals surface area contributed by atoms with E-state index in [1.165, 1.54) is 128 Å². The maximum absolute atomic E-state index is 10.5. The molecule has 0 aromatic heterocycles. The highest BCUT2D eigenvalue weighted by Gasteiger charge is 2.27. The van der Waals surface area contributed by atoms with Crippen LogP contribution in [0.3, 0.4) is 0 Å². The van der Waals surface area contributed by atoms with Gasteiger partial charge in [-0.1, -0.05) is 116 Å². The van der Waals surface area contributed by atoms with Gasteiger partial charge in [-0.2, -0.15) is 0 Å². The lowest BCUT2D eigenvalue weighted by Crippen LogP contribution is -2.21. The second-order valence-electron chi connectivity index (χ2n) is 10.3. The Morgan fingerprint density at radius 3 is 1.38 bits per heavy atom. The predicted octanol–water partition coefficient (Wildman–Crippen LogP) is 10.6. The molecular weight excluding hydrogens is 392 g/mol. The summed E-state index contributed by atoms with van der Waals surface area (Å²) < 4.78 is 0. The second-order valence-corrected chi connectivity index (χ2v) is 10.3. The molecule has 1 N–H and O–H groups in total. The van der Waals surface area contributed by atoms with Gasteiger partial charge in [0, 0.05) is 6.42 Å². The summed E-state index contributed by atoms with van der Waals surface area (Å²) >= 11 is 0. The lowest BCUT2D eigenvalue weighted by atomic mass is 9.71. The second kappa shape index (κ2) is 23.4. The summed E-state index contributed by atoms with van der Waals surface area (Å²) in [5.41, 5.74) is 0.654. The molecule has 0 spiro atoms. The van der Waals surface area contributed by atoms with Crippen molar-refractivity contribution in [3.63, 3.8) is 0 Å². The van der Waals surface area contributed by atoms with Crippen LogP contribution in [0.5, 0.6) is 0 Å². The molecule has 0 rings (SSSR count). The molecular formula is C30H58O2. The number of carbonyl (C=O) groups is 1. The van der Waals surface area contributed by atoms with E-state index < -0.39 is 5.97 Å². The van der Waals surface area contributed by atoms with Crippen LogP contribution in [0, 0.1) is 5.41 Å². The Kier molecular flexibility index (Phi) is 22.8. The predicted molar refractivity (Wildman–Crippen MR) is 142 cm³/mol. The number of unbranched alkanes of at least 4 members (excludes halogenated alkanes) is 13. The maximum Gasteiger partial charge on any atom is 0.303 e. The molecule has 190 valence electrons. The van der Waals surface area contributed by atoms with E-state index >= 15 is 0 Å². The van der Waals surface area contributed by atoms with E-state index in [9.17, 15) is 4.79 Å². The molecule has 0 aliphatic rings. The fraction of sp³-hybridized carbons (Fsp3) is 0.900. The topological polar surface area (TPSA) is 37.3 Å². The largest absolute Gasteiger partial charge is 0.481 e. The Labute approximate surface area is 202 Å².